The highest BCUT2D eigenvalue weighted by atomic mass is 35.5. The van der Waals surface area contributed by atoms with E-state index in [0.717, 1.165) is 5.56 Å². The summed E-state index contributed by atoms with van der Waals surface area (Å²) in [5.41, 5.74) is 1.63. The first-order chi connectivity index (χ1) is 15.3. The van der Waals surface area contributed by atoms with E-state index in [1.807, 2.05) is 18.2 Å². The molecule has 0 unspecified atom stereocenters. The van der Waals surface area contributed by atoms with E-state index < -0.39 is 10.5 Å². The standard InChI is InChI=1S/C22H15Cl2N5O3/c1-12-14(3-2-13-6-8-25-9-7-13)10-18-19(20(12)29(31)32)21(30)28-22(27-18)26-15-4-5-16(23)17(24)11-15/h2-11H,1H3,(H2,26,27,28,30)/b3-2+. The van der Waals surface area contributed by atoms with Crippen LogP contribution in [0.3, 0.4) is 0 Å². The molecule has 0 bridgehead atoms. The molecule has 4 rings (SSSR count). The summed E-state index contributed by atoms with van der Waals surface area (Å²) in [5, 5.41) is 15.4. The van der Waals surface area contributed by atoms with Crippen molar-refractivity contribution < 1.29 is 4.92 Å². The van der Waals surface area contributed by atoms with Gasteiger partial charge in [-0.2, -0.15) is 0 Å². The minimum absolute atomic E-state index is 0.0896. The fourth-order valence-corrected chi connectivity index (χ4v) is 3.53. The van der Waals surface area contributed by atoms with E-state index in [0.29, 0.717) is 26.9 Å². The minimum Gasteiger partial charge on any atom is -0.326 e. The average molecular weight is 468 g/mol. The Morgan fingerprint density at radius 1 is 1.09 bits per heavy atom. The second-order valence-corrected chi connectivity index (χ2v) is 7.69. The molecule has 0 saturated carbocycles. The molecule has 10 heteroatoms. The lowest BCUT2D eigenvalue weighted by Crippen LogP contribution is -2.14. The third kappa shape index (κ3) is 4.32. The zero-order chi connectivity index (χ0) is 22.8. The molecule has 0 amide bonds. The number of benzene rings is 2. The Balaban J connectivity index is 1.84. The maximum absolute atomic E-state index is 12.8. The van der Waals surface area contributed by atoms with Crippen LogP contribution >= 0.6 is 23.2 Å². The van der Waals surface area contributed by atoms with Crippen molar-refractivity contribution in [2.45, 2.75) is 6.92 Å². The monoisotopic (exact) mass is 467 g/mol. The smallest absolute Gasteiger partial charge is 0.287 e. The molecule has 0 spiro atoms. The number of pyridine rings is 1. The second kappa shape index (κ2) is 8.78. The van der Waals surface area contributed by atoms with Gasteiger partial charge in [-0.25, -0.2) is 4.98 Å². The van der Waals surface area contributed by atoms with E-state index in [-0.39, 0.29) is 22.5 Å². The number of aromatic nitrogens is 3. The Hall–Kier alpha value is -3.75. The van der Waals surface area contributed by atoms with E-state index in [9.17, 15) is 14.9 Å². The molecule has 2 heterocycles. The van der Waals surface area contributed by atoms with E-state index >= 15 is 0 Å². The number of nitrogens with zero attached hydrogens (tertiary/aromatic N) is 3. The lowest BCUT2D eigenvalue weighted by molar-refractivity contribution is -0.383. The highest BCUT2D eigenvalue weighted by molar-refractivity contribution is 6.42. The largest absolute Gasteiger partial charge is 0.326 e. The summed E-state index contributed by atoms with van der Waals surface area (Å²) in [6.07, 6.45) is 6.85. The van der Waals surface area contributed by atoms with Crippen molar-refractivity contribution in [2.75, 3.05) is 5.32 Å². The van der Waals surface area contributed by atoms with Gasteiger partial charge in [0.25, 0.3) is 11.2 Å². The number of hydrogen-bond donors (Lipinski definition) is 2. The van der Waals surface area contributed by atoms with Gasteiger partial charge in [-0.3, -0.25) is 24.9 Å². The molecule has 0 radical (unpaired) electrons. The fourth-order valence-electron chi connectivity index (χ4n) is 3.24. The first-order valence-electron chi connectivity index (χ1n) is 9.35. The quantitative estimate of drug-likeness (QED) is 0.285. The summed E-state index contributed by atoms with van der Waals surface area (Å²) in [6, 6.07) is 10.1. The number of halogens is 2. The summed E-state index contributed by atoms with van der Waals surface area (Å²) in [6.45, 7) is 1.60. The predicted octanol–water partition coefficient (Wildman–Crippen LogP) is 5.76. The van der Waals surface area contributed by atoms with Crippen molar-refractivity contribution >= 4 is 63.6 Å². The van der Waals surface area contributed by atoms with Gasteiger partial charge in [0.05, 0.1) is 20.5 Å². The SMILES string of the molecule is Cc1c(/C=C/c2ccncc2)cc2nc(Nc3ccc(Cl)c(Cl)c3)[nH]c(=O)c2c1[N+](=O)[O-]. The number of hydrogen-bond acceptors (Lipinski definition) is 6. The van der Waals surface area contributed by atoms with Crippen LogP contribution in [-0.4, -0.2) is 19.9 Å². The van der Waals surface area contributed by atoms with E-state index in [1.54, 1.807) is 49.7 Å². The van der Waals surface area contributed by atoms with Crippen molar-refractivity contribution in [1.29, 1.82) is 0 Å². The van der Waals surface area contributed by atoms with Gasteiger partial charge < -0.3 is 5.32 Å². The van der Waals surface area contributed by atoms with Crippen molar-refractivity contribution in [1.82, 2.24) is 15.0 Å². The van der Waals surface area contributed by atoms with Crippen LogP contribution in [-0.2, 0) is 0 Å². The van der Waals surface area contributed by atoms with Crippen LogP contribution in [0.2, 0.25) is 10.0 Å². The van der Waals surface area contributed by atoms with Crippen LogP contribution in [0.5, 0.6) is 0 Å². The fraction of sp³-hybridized carbons (Fsp3) is 0.0455. The summed E-state index contributed by atoms with van der Waals surface area (Å²) < 4.78 is 0. The van der Waals surface area contributed by atoms with Gasteiger partial charge in [-0.05, 0) is 54.4 Å². The zero-order valence-corrected chi connectivity index (χ0v) is 18.1. The summed E-state index contributed by atoms with van der Waals surface area (Å²) >= 11 is 12.0. The molecule has 0 atom stereocenters. The van der Waals surface area contributed by atoms with E-state index in [2.05, 4.69) is 20.3 Å². The van der Waals surface area contributed by atoms with Crippen LogP contribution in [0.15, 0.2) is 53.6 Å². The number of nitro benzene ring substituents is 1. The first kappa shape index (κ1) is 21.5. The molecule has 2 aromatic heterocycles. The van der Waals surface area contributed by atoms with Gasteiger partial charge in [-0.15, -0.1) is 0 Å². The van der Waals surface area contributed by atoms with Gasteiger partial charge >= 0.3 is 0 Å². The lowest BCUT2D eigenvalue weighted by atomic mass is 10.0. The van der Waals surface area contributed by atoms with Crippen molar-refractivity contribution in [2.24, 2.45) is 0 Å². The Labute approximate surface area is 191 Å². The topological polar surface area (TPSA) is 114 Å². The van der Waals surface area contributed by atoms with Crippen molar-refractivity contribution in [3.63, 3.8) is 0 Å². The number of rotatable bonds is 5. The lowest BCUT2D eigenvalue weighted by Gasteiger charge is -2.10. The van der Waals surface area contributed by atoms with Crippen molar-refractivity contribution in [3.8, 4) is 0 Å². The molecule has 32 heavy (non-hydrogen) atoms. The molecule has 0 aliphatic heterocycles. The maximum atomic E-state index is 12.8. The maximum Gasteiger partial charge on any atom is 0.287 e. The van der Waals surface area contributed by atoms with Crippen LogP contribution in [0.4, 0.5) is 17.3 Å². The Morgan fingerprint density at radius 2 is 1.84 bits per heavy atom. The Morgan fingerprint density at radius 3 is 2.53 bits per heavy atom. The van der Waals surface area contributed by atoms with Gasteiger partial charge in [-0.1, -0.05) is 35.4 Å². The third-order valence-electron chi connectivity index (χ3n) is 4.79. The number of aromatic amines is 1. The Kier molecular flexibility index (Phi) is 5.89. The van der Waals surface area contributed by atoms with Crippen LogP contribution in [0.1, 0.15) is 16.7 Å². The predicted molar refractivity (Wildman–Crippen MR) is 127 cm³/mol. The van der Waals surface area contributed by atoms with Crippen LogP contribution < -0.4 is 10.9 Å². The highest BCUT2D eigenvalue weighted by Crippen LogP contribution is 2.31. The Bertz CT molecular complexity index is 1440. The normalized spacial score (nSPS) is 11.2. The summed E-state index contributed by atoms with van der Waals surface area (Å²) in [4.78, 5) is 34.9. The molecule has 0 fully saturated rings. The van der Waals surface area contributed by atoms with Crippen molar-refractivity contribution in [3.05, 3.63) is 96.0 Å². The molecule has 0 aliphatic carbocycles. The third-order valence-corrected chi connectivity index (χ3v) is 5.53. The molecule has 8 nitrogen and oxygen atoms in total. The molecule has 0 aliphatic rings. The minimum atomic E-state index is -0.628. The van der Waals surface area contributed by atoms with Gasteiger partial charge in [0.2, 0.25) is 5.95 Å². The molecule has 160 valence electrons. The first-order valence-corrected chi connectivity index (χ1v) is 10.1. The molecule has 0 saturated heterocycles. The molecule has 4 aromatic rings. The van der Waals surface area contributed by atoms with Gasteiger partial charge in [0.1, 0.15) is 5.39 Å². The van der Waals surface area contributed by atoms with E-state index in [1.165, 1.54) is 0 Å². The van der Waals surface area contributed by atoms with Gasteiger partial charge in [0, 0.05) is 23.6 Å². The second-order valence-electron chi connectivity index (χ2n) is 6.87. The number of nitro groups is 1. The highest BCUT2D eigenvalue weighted by Gasteiger charge is 2.23. The number of anilines is 2. The summed E-state index contributed by atoms with van der Waals surface area (Å²) in [7, 11) is 0. The molecular formula is C22H15Cl2N5O3. The zero-order valence-electron chi connectivity index (χ0n) is 16.6. The number of fused-ring (bicyclic) bond motifs is 1. The molecular weight excluding hydrogens is 453 g/mol. The number of nitrogens with one attached hydrogen (secondary N) is 2. The average Bonchev–Trinajstić information content (AvgIpc) is 2.76. The molecule has 2 N–H and O–H groups in total. The van der Waals surface area contributed by atoms with Gasteiger partial charge in [0.15, 0.2) is 0 Å². The summed E-state index contributed by atoms with van der Waals surface area (Å²) in [5.74, 6) is 0.114. The van der Waals surface area contributed by atoms with E-state index in [4.69, 9.17) is 23.2 Å². The number of H-pyrrole nitrogens is 1. The molecule has 2 aromatic carbocycles. The van der Waals surface area contributed by atoms with Crippen LogP contribution in [0, 0.1) is 17.0 Å². The van der Waals surface area contributed by atoms with Crippen LogP contribution in [0.25, 0.3) is 23.1 Å².